The SMILES string of the molecule is C[C@@H]1C/C(=C/CP(=O)(c2ccccc2)c2ccccc2)C[C@@H](O[Si](C)(C)C(C)(C)C)C1. The molecule has 3 rings (SSSR count). The third-order valence-electron chi connectivity index (χ3n) is 7.02. The van der Waals surface area contributed by atoms with Gasteiger partial charge < -0.3 is 8.99 Å². The summed E-state index contributed by atoms with van der Waals surface area (Å²) in [7, 11) is -4.50. The molecular weight excluding hydrogens is 415 g/mol. The Hall–Kier alpha value is -1.41. The maximum absolute atomic E-state index is 14.3. The van der Waals surface area contributed by atoms with Gasteiger partial charge in [0.1, 0.15) is 7.14 Å². The van der Waals surface area contributed by atoms with Crippen LogP contribution in [0.15, 0.2) is 72.3 Å². The molecule has 31 heavy (non-hydrogen) atoms. The normalized spacial score (nSPS) is 21.9. The van der Waals surface area contributed by atoms with Crippen LogP contribution in [-0.4, -0.2) is 20.6 Å². The molecule has 2 aromatic rings. The Morgan fingerprint density at radius 2 is 1.48 bits per heavy atom. The zero-order valence-corrected chi connectivity index (χ0v) is 22.0. The third-order valence-corrected chi connectivity index (χ3v) is 14.5. The number of hydrogen-bond acceptors (Lipinski definition) is 2. The van der Waals surface area contributed by atoms with Crippen LogP contribution in [0.1, 0.15) is 47.0 Å². The lowest BCUT2D eigenvalue weighted by molar-refractivity contribution is 0.135. The molecule has 1 aliphatic carbocycles. The summed E-state index contributed by atoms with van der Waals surface area (Å²) in [6.07, 6.45) is 6.32. The quantitative estimate of drug-likeness (QED) is 0.263. The number of allylic oxidation sites excluding steroid dienone is 1. The van der Waals surface area contributed by atoms with Crippen LogP contribution in [0.4, 0.5) is 0 Å². The highest BCUT2D eigenvalue weighted by molar-refractivity contribution is 7.78. The standard InChI is InChI=1S/C27H39O2PSi/c1-22-19-23(21-24(20-22)29-31(5,6)27(2,3)4)17-18-30(28,25-13-9-7-10-14-25)26-15-11-8-12-16-26/h7-17,22,24H,18-21H2,1-6H3/b23-17-/t22-,24+/m1/s1. The van der Waals surface area contributed by atoms with Crippen molar-refractivity contribution in [3.8, 4) is 0 Å². The van der Waals surface area contributed by atoms with Crippen molar-refractivity contribution in [3.63, 3.8) is 0 Å². The molecule has 1 fully saturated rings. The highest BCUT2D eigenvalue weighted by Gasteiger charge is 2.40. The van der Waals surface area contributed by atoms with Gasteiger partial charge in [-0.3, -0.25) is 0 Å². The Balaban J connectivity index is 1.84. The average Bonchev–Trinajstić information content (AvgIpc) is 2.72. The lowest BCUT2D eigenvalue weighted by Crippen LogP contribution is -2.45. The fourth-order valence-electron chi connectivity index (χ4n) is 4.24. The van der Waals surface area contributed by atoms with Crippen molar-refractivity contribution in [1.29, 1.82) is 0 Å². The van der Waals surface area contributed by atoms with Gasteiger partial charge in [-0.15, -0.1) is 0 Å². The molecule has 0 radical (unpaired) electrons. The van der Waals surface area contributed by atoms with Gasteiger partial charge in [-0.05, 0) is 43.3 Å². The number of benzene rings is 2. The van der Waals surface area contributed by atoms with Crippen LogP contribution in [0.5, 0.6) is 0 Å². The third kappa shape index (κ3) is 5.89. The maximum Gasteiger partial charge on any atom is 0.192 e. The highest BCUT2D eigenvalue weighted by atomic mass is 31.2. The molecule has 0 spiro atoms. The van der Waals surface area contributed by atoms with Crippen LogP contribution in [0, 0.1) is 5.92 Å². The molecule has 0 saturated heterocycles. The molecule has 4 heteroatoms. The van der Waals surface area contributed by atoms with Gasteiger partial charge in [-0.25, -0.2) is 0 Å². The molecule has 0 aromatic heterocycles. The van der Waals surface area contributed by atoms with Gasteiger partial charge in [0, 0.05) is 22.9 Å². The number of hydrogen-bond donors (Lipinski definition) is 0. The first-order valence-electron chi connectivity index (χ1n) is 11.6. The molecule has 1 aliphatic rings. The zero-order chi connectivity index (χ0) is 22.7. The van der Waals surface area contributed by atoms with Crippen LogP contribution >= 0.6 is 7.14 Å². The van der Waals surface area contributed by atoms with E-state index in [9.17, 15) is 4.57 Å². The van der Waals surface area contributed by atoms with Crippen molar-refractivity contribution >= 4 is 26.1 Å². The van der Waals surface area contributed by atoms with Gasteiger partial charge in [-0.2, -0.15) is 0 Å². The topological polar surface area (TPSA) is 26.3 Å². The molecule has 0 unspecified atom stereocenters. The summed E-state index contributed by atoms with van der Waals surface area (Å²) in [6.45, 7) is 13.9. The first kappa shape index (κ1) is 24.2. The minimum Gasteiger partial charge on any atom is -0.414 e. The van der Waals surface area contributed by atoms with Gasteiger partial charge in [0.25, 0.3) is 0 Å². The van der Waals surface area contributed by atoms with Gasteiger partial charge in [0.05, 0.1) is 0 Å². The van der Waals surface area contributed by atoms with E-state index < -0.39 is 15.5 Å². The molecule has 0 heterocycles. The van der Waals surface area contributed by atoms with Crippen molar-refractivity contribution in [3.05, 3.63) is 72.3 Å². The molecule has 0 N–H and O–H groups in total. The van der Waals surface area contributed by atoms with Gasteiger partial charge in [-0.1, -0.05) is 100 Å². The number of rotatable bonds is 6. The Bertz CT molecular complexity index is 885. The van der Waals surface area contributed by atoms with E-state index in [0.29, 0.717) is 12.1 Å². The van der Waals surface area contributed by atoms with E-state index in [1.807, 2.05) is 60.7 Å². The van der Waals surface area contributed by atoms with E-state index in [2.05, 4.69) is 46.9 Å². The van der Waals surface area contributed by atoms with Crippen molar-refractivity contribution in [1.82, 2.24) is 0 Å². The zero-order valence-electron chi connectivity index (χ0n) is 20.1. The van der Waals surface area contributed by atoms with E-state index in [4.69, 9.17) is 4.43 Å². The smallest absolute Gasteiger partial charge is 0.192 e. The summed E-state index contributed by atoms with van der Waals surface area (Å²) in [5, 5.41) is 2.10. The largest absolute Gasteiger partial charge is 0.414 e. The van der Waals surface area contributed by atoms with E-state index >= 15 is 0 Å². The van der Waals surface area contributed by atoms with E-state index in [1.54, 1.807) is 0 Å². The summed E-state index contributed by atoms with van der Waals surface area (Å²) >= 11 is 0. The summed E-state index contributed by atoms with van der Waals surface area (Å²) in [6, 6.07) is 20.0. The molecule has 2 aromatic carbocycles. The molecule has 2 nitrogen and oxygen atoms in total. The van der Waals surface area contributed by atoms with Gasteiger partial charge >= 0.3 is 0 Å². The minimum absolute atomic E-state index is 0.216. The predicted molar refractivity (Wildman–Crippen MR) is 138 cm³/mol. The fourth-order valence-corrected chi connectivity index (χ4v) is 8.15. The van der Waals surface area contributed by atoms with E-state index in [-0.39, 0.29) is 11.1 Å². The average molecular weight is 455 g/mol. The van der Waals surface area contributed by atoms with Crippen molar-refractivity contribution in [2.75, 3.05) is 6.16 Å². The molecule has 168 valence electrons. The first-order valence-corrected chi connectivity index (χ1v) is 16.4. The Kier molecular flexibility index (Phi) is 7.51. The predicted octanol–water partition coefficient (Wildman–Crippen LogP) is 7.14. The van der Waals surface area contributed by atoms with E-state index in [0.717, 1.165) is 29.9 Å². The van der Waals surface area contributed by atoms with Crippen molar-refractivity contribution in [2.45, 2.75) is 71.2 Å². The summed E-state index contributed by atoms with van der Waals surface area (Å²) in [5.41, 5.74) is 1.41. The summed E-state index contributed by atoms with van der Waals surface area (Å²) in [5.74, 6) is 0.600. The summed E-state index contributed by atoms with van der Waals surface area (Å²) in [4.78, 5) is 0. The highest BCUT2D eigenvalue weighted by Crippen LogP contribution is 2.45. The Morgan fingerprint density at radius 3 is 1.97 bits per heavy atom. The lowest BCUT2D eigenvalue weighted by Gasteiger charge is -2.41. The summed E-state index contributed by atoms with van der Waals surface area (Å²) < 4.78 is 21.1. The molecule has 0 bridgehead atoms. The van der Waals surface area contributed by atoms with E-state index in [1.165, 1.54) is 5.57 Å². The first-order chi connectivity index (χ1) is 14.5. The second kappa shape index (κ2) is 9.61. The van der Waals surface area contributed by atoms with Gasteiger partial charge in [0.2, 0.25) is 0 Å². The van der Waals surface area contributed by atoms with Crippen LogP contribution in [0.3, 0.4) is 0 Å². The molecule has 2 atom stereocenters. The van der Waals surface area contributed by atoms with Crippen LogP contribution < -0.4 is 10.6 Å². The van der Waals surface area contributed by atoms with Crippen molar-refractivity contribution < 1.29 is 8.99 Å². The molecular formula is C27H39O2PSi. The molecule has 0 amide bonds. The minimum atomic E-state index is -2.71. The van der Waals surface area contributed by atoms with Crippen LogP contribution in [0.25, 0.3) is 0 Å². The van der Waals surface area contributed by atoms with Gasteiger partial charge in [0.15, 0.2) is 8.32 Å². The second-order valence-corrected chi connectivity index (χ2v) is 18.3. The van der Waals surface area contributed by atoms with Crippen LogP contribution in [-0.2, 0) is 8.99 Å². The maximum atomic E-state index is 14.3. The Labute approximate surface area is 190 Å². The fraction of sp³-hybridized carbons (Fsp3) is 0.481. The molecule has 1 saturated carbocycles. The monoisotopic (exact) mass is 454 g/mol. The van der Waals surface area contributed by atoms with Crippen LogP contribution in [0.2, 0.25) is 18.1 Å². The molecule has 0 aliphatic heterocycles. The second-order valence-electron chi connectivity index (χ2n) is 10.7. The Morgan fingerprint density at radius 1 is 0.968 bits per heavy atom. The lowest BCUT2D eigenvalue weighted by atomic mass is 9.85. The van der Waals surface area contributed by atoms with Crippen molar-refractivity contribution in [2.24, 2.45) is 5.92 Å².